The quantitative estimate of drug-likeness (QED) is 0.863. The molecular weight excluding hydrogens is 216 g/mol. The average molecular weight is 229 g/mol. The summed E-state index contributed by atoms with van der Waals surface area (Å²) in [4.78, 5) is 0. The van der Waals surface area contributed by atoms with Crippen LogP contribution >= 0.6 is 11.6 Å². The van der Waals surface area contributed by atoms with Crippen molar-refractivity contribution in [2.24, 2.45) is 0 Å². The number of halogens is 1. The molecule has 0 unspecified atom stereocenters. The molecule has 2 rings (SSSR count). The summed E-state index contributed by atoms with van der Waals surface area (Å²) in [6.07, 6.45) is 1.52. The van der Waals surface area contributed by atoms with Crippen LogP contribution in [0.4, 0.5) is 0 Å². The highest BCUT2D eigenvalue weighted by Crippen LogP contribution is 2.52. The van der Waals surface area contributed by atoms with Gasteiger partial charge in [-0.25, -0.2) is 0 Å². The molecule has 0 saturated heterocycles. The van der Waals surface area contributed by atoms with E-state index < -0.39 is 5.60 Å². The molecule has 0 bridgehead atoms. The normalized spacial score (nSPS) is 17.3. The van der Waals surface area contributed by atoms with E-state index in [1.54, 1.807) is 19.2 Å². The summed E-state index contributed by atoms with van der Waals surface area (Å²) >= 11 is 5.96. The fourth-order valence-corrected chi connectivity index (χ4v) is 1.91. The molecule has 0 spiro atoms. The molecule has 1 N–H and O–H groups in total. The molecule has 4 heteroatoms. The number of rotatable bonds is 3. The number of hydrogen-bond acceptors (Lipinski definition) is 3. The van der Waals surface area contributed by atoms with Crippen LogP contribution in [0.3, 0.4) is 0 Å². The van der Waals surface area contributed by atoms with E-state index in [2.05, 4.69) is 0 Å². The molecule has 0 heterocycles. The number of methoxy groups -OCH3 is 2. The minimum Gasteiger partial charge on any atom is -0.492 e. The zero-order valence-corrected chi connectivity index (χ0v) is 9.47. The summed E-state index contributed by atoms with van der Waals surface area (Å²) in [7, 11) is 3.08. The van der Waals surface area contributed by atoms with Crippen molar-refractivity contribution in [1.29, 1.82) is 0 Å². The molecule has 0 amide bonds. The Bertz CT molecular complexity index is 386. The van der Waals surface area contributed by atoms with E-state index in [1.165, 1.54) is 7.11 Å². The van der Waals surface area contributed by atoms with Gasteiger partial charge in [-0.3, -0.25) is 0 Å². The van der Waals surface area contributed by atoms with Crippen LogP contribution in [0.1, 0.15) is 18.4 Å². The van der Waals surface area contributed by atoms with Crippen LogP contribution in [0.15, 0.2) is 12.1 Å². The third-order valence-corrected chi connectivity index (χ3v) is 2.99. The van der Waals surface area contributed by atoms with Crippen LogP contribution in [0.5, 0.6) is 11.5 Å². The van der Waals surface area contributed by atoms with Gasteiger partial charge in [0, 0.05) is 5.56 Å². The van der Waals surface area contributed by atoms with Gasteiger partial charge in [0.05, 0.1) is 24.8 Å². The molecule has 1 fully saturated rings. The van der Waals surface area contributed by atoms with Crippen LogP contribution in [0.2, 0.25) is 5.02 Å². The monoisotopic (exact) mass is 228 g/mol. The van der Waals surface area contributed by atoms with Gasteiger partial charge in [0.15, 0.2) is 11.5 Å². The standard InChI is InChI=1S/C11H13ClO3/c1-14-9-7(11(13)5-6-11)3-4-8(12)10(9)15-2/h3-4,13H,5-6H2,1-2H3. The van der Waals surface area contributed by atoms with Crippen LogP contribution in [-0.4, -0.2) is 19.3 Å². The van der Waals surface area contributed by atoms with Crippen molar-refractivity contribution < 1.29 is 14.6 Å². The van der Waals surface area contributed by atoms with Crippen LogP contribution in [0.25, 0.3) is 0 Å². The minimum atomic E-state index is -0.747. The Labute approximate surface area is 93.6 Å². The highest BCUT2D eigenvalue weighted by Gasteiger charge is 2.45. The van der Waals surface area contributed by atoms with Crippen molar-refractivity contribution in [3.63, 3.8) is 0 Å². The van der Waals surface area contributed by atoms with E-state index in [0.717, 1.165) is 18.4 Å². The predicted octanol–water partition coefficient (Wildman–Crippen LogP) is 2.34. The molecule has 0 aromatic heterocycles. The first-order valence-electron chi connectivity index (χ1n) is 4.76. The number of hydrogen-bond donors (Lipinski definition) is 1. The minimum absolute atomic E-state index is 0.483. The average Bonchev–Trinajstić information content (AvgIpc) is 2.96. The molecule has 15 heavy (non-hydrogen) atoms. The second-order valence-corrected chi connectivity index (χ2v) is 4.10. The van der Waals surface area contributed by atoms with Gasteiger partial charge >= 0.3 is 0 Å². The summed E-state index contributed by atoms with van der Waals surface area (Å²) in [5.41, 5.74) is 0.00897. The Hall–Kier alpha value is -0.930. The van der Waals surface area contributed by atoms with Crippen molar-refractivity contribution >= 4 is 11.6 Å². The summed E-state index contributed by atoms with van der Waals surface area (Å²) in [5, 5.41) is 10.5. The molecule has 0 aliphatic heterocycles. The molecule has 1 saturated carbocycles. The van der Waals surface area contributed by atoms with Crippen molar-refractivity contribution in [2.45, 2.75) is 18.4 Å². The lowest BCUT2D eigenvalue weighted by molar-refractivity contribution is 0.146. The maximum atomic E-state index is 10.0. The molecule has 3 nitrogen and oxygen atoms in total. The Kier molecular flexibility index (Phi) is 2.52. The summed E-state index contributed by atoms with van der Waals surface area (Å²) < 4.78 is 10.4. The summed E-state index contributed by atoms with van der Waals surface area (Å²) in [6.45, 7) is 0. The first kappa shape index (κ1) is 10.6. The van der Waals surface area contributed by atoms with E-state index in [-0.39, 0.29) is 0 Å². The predicted molar refractivity (Wildman–Crippen MR) is 57.7 cm³/mol. The summed E-state index contributed by atoms with van der Waals surface area (Å²) in [6, 6.07) is 3.51. The second kappa shape index (κ2) is 3.58. The molecule has 82 valence electrons. The molecule has 1 aliphatic rings. The van der Waals surface area contributed by atoms with Crippen LogP contribution in [-0.2, 0) is 5.60 Å². The Morgan fingerprint density at radius 3 is 2.27 bits per heavy atom. The molecule has 1 aromatic carbocycles. The van der Waals surface area contributed by atoms with Crippen molar-refractivity contribution in [1.82, 2.24) is 0 Å². The SMILES string of the molecule is COc1c(Cl)ccc(C2(O)CC2)c1OC. The highest BCUT2D eigenvalue weighted by atomic mass is 35.5. The topological polar surface area (TPSA) is 38.7 Å². The number of benzene rings is 1. The van der Waals surface area contributed by atoms with Crippen LogP contribution in [0, 0.1) is 0 Å². The zero-order valence-electron chi connectivity index (χ0n) is 8.71. The summed E-state index contributed by atoms with van der Waals surface area (Å²) in [5.74, 6) is 1.02. The van der Waals surface area contributed by atoms with E-state index >= 15 is 0 Å². The largest absolute Gasteiger partial charge is 0.492 e. The number of aliphatic hydroxyl groups is 1. The second-order valence-electron chi connectivity index (χ2n) is 3.69. The van der Waals surface area contributed by atoms with Crippen molar-refractivity contribution in [3.8, 4) is 11.5 Å². The molecule has 0 atom stereocenters. The Morgan fingerprint density at radius 1 is 1.20 bits per heavy atom. The highest BCUT2D eigenvalue weighted by molar-refractivity contribution is 6.32. The molecule has 1 aliphatic carbocycles. The van der Waals surface area contributed by atoms with Crippen molar-refractivity contribution in [3.05, 3.63) is 22.7 Å². The zero-order chi connectivity index (χ0) is 11.1. The molecule has 0 radical (unpaired) electrons. The first-order valence-corrected chi connectivity index (χ1v) is 5.13. The lowest BCUT2D eigenvalue weighted by Crippen LogP contribution is -2.07. The van der Waals surface area contributed by atoms with Gasteiger partial charge in [-0.15, -0.1) is 0 Å². The van der Waals surface area contributed by atoms with Crippen molar-refractivity contribution in [2.75, 3.05) is 14.2 Å². The van der Waals surface area contributed by atoms with Gasteiger partial charge in [0.1, 0.15) is 0 Å². The maximum Gasteiger partial charge on any atom is 0.179 e. The third-order valence-electron chi connectivity index (χ3n) is 2.70. The first-order chi connectivity index (χ1) is 7.12. The van der Waals surface area contributed by atoms with Gasteiger partial charge in [-0.1, -0.05) is 17.7 Å². The fraction of sp³-hybridized carbons (Fsp3) is 0.455. The van der Waals surface area contributed by atoms with E-state index in [4.69, 9.17) is 21.1 Å². The third kappa shape index (κ3) is 1.66. The molecule has 1 aromatic rings. The Balaban J connectivity index is 2.55. The van der Waals surface area contributed by atoms with Gasteiger partial charge in [0.25, 0.3) is 0 Å². The lowest BCUT2D eigenvalue weighted by atomic mass is 10.1. The van der Waals surface area contributed by atoms with Gasteiger partial charge in [-0.05, 0) is 18.9 Å². The van der Waals surface area contributed by atoms with Crippen LogP contribution < -0.4 is 9.47 Å². The Morgan fingerprint density at radius 2 is 1.80 bits per heavy atom. The van der Waals surface area contributed by atoms with Gasteiger partial charge < -0.3 is 14.6 Å². The lowest BCUT2D eigenvalue weighted by Gasteiger charge is -2.17. The maximum absolute atomic E-state index is 10.0. The van der Waals surface area contributed by atoms with E-state index in [9.17, 15) is 5.11 Å². The molecular formula is C11H13ClO3. The smallest absolute Gasteiger partial charge is 0.179 e. The van der Waals surface area contributed by atoms with E-state index in [1.807, 2.05) is 0 Å². The van der Waals surface area contributed by atoms with Gasteiger partial charge in [0.2, 0.25) is 0 Å². The van der Waals surface area contributed by atoms with E-state index in [0.29, 0.717) is 16.5 Å². The number of ether oxygens (including phenoxy) is 2. The van der Waals surface area contributed by atoms with Gasteiger partial charge in [-0.2, -0.15) is 0 Å². The fourth-order valence-electron chi connectivity index (χ4n) is 1.69.